The first-order chi connectivity index (χ1) is 11.5. The topological polar surface area (TPSA) is 43.2 Å². The minimum atomic E-state index is 0.298. The Kier molecular flexibility index (Phi) is 6.91. The number of nitrogens with zero attached hydrogens (tertiary/aromatic N) is 1. The smallest absolute Gasteiger partial charge is 0.223 e. The van der Waals surface area contributed by atoms with Gasteiger partial charge >= 0.3 is 0 Å². The Labute approximate surface area is 145 Å². The van der Waals surface area contributed by atoms with Gasteiger partial charge in [0, 0.05) is 12.0 Å². The number of hydrogen-bond acceptors (Lipinski definition) is 3. The minimum Gasteiger partial charge on any atom is -0.493 e. The SMILES string of the molecule is CCOc1cc(C[NH+]2CCN(C(=O)CC(C)C)CC2)ccc1OC. The maximum absolute atomic E-state index is 12.1. The predicted octanol–water partition coefficient (Wildman–Crippen LogP) is 1.37. The molecule has 0 atom stereocenters. The fourth-order valence-electron chi connectivity index (χ4n) is 3.12. The lowest BCUT2D eigenvalue weighted by Crippen LogP contribution is -3.13. The zero-order valence-corrected chi connectivity index (χ0v) is 15.4. The van der Waals surface area contributed by atoms with Crippen LogP contribution in [-0.4, -0.2) is 50.7 Å². The molecule has 1 fully saturated rings. The van der Waals surface area contributed by atoms with Crippen molar-refractivity contribution < 1.29 is 19.2 Å². The molecular weight excluding hydrogens is 304 g/mol. The molecule has 0 aliphatic carbocycles. The van der Waals surface area contributed by atoms with Crippen LogP contribution in [0.5, 0.6) is 11.5 Å². The van der Waals surface area contributed by atoms with Crippen LogP contribution in [0.1, 0.15) is 32.8 Å². The van der Waals surface area contributed by atoms with E-state index in [1.54, 1.807) is 7.11 Å². The van der Waals surface area contributed by atoms with Crippen molar-refractivity contribution in [1.29, 1.82) is 0 Å². The highest BCUT2D eigenvalue weighted by molar-refractivity contribution is 5.76. The molecule has 5 nitrogen and oxygen atoms in total. The molecular formula is C19H31N2O3+. The average molecular weight is 335 g/mol. The van der Waals surface area contributed by atoms with Crippen molar-refractivity contribution in [2.45, 2.75) is 33.7 Å². The molecule has 134 valence electrons. The van der Waals surface area contributed by atoms with Crippen LogP contribution >= 0.6 is 0 Å². The number of hydrogen-bond donors (Lipinski definition) is 1. The third-order valence-corrected chi connectivity index (χ3v) is 4.39. The van der Waals surface area contributed by atoms with Gasteiger partial charge < -0.3 is 19.3 Å². The summed E-state index contributed by atoms with van der Waals surface area (Å²) in [6.45, 7) is 11.5. The average Bonchev–Trinajstić information content (AvgIpc) is 2.55. The van der Waals surface area contributed by atoms with Gasteiger partial charge in [-0.3, -0.25) is 4.79 Å². The largest absolute Gasteiger partial charge is 0.493 e. The van der Waals surface area contributed by atoms with Crippen molar-refractivity contribution >= 4 is 5.91 Å². The van der Waals surface area contributed by atoms with Crippen LogP contribution in [-0.2, 0) is 11.3 Å². The van der Waals surface area contributed by atoms with E-state index in [4.69, 9.17) is 9.47 Å². The van der Waals surface area contributed by atoms with Gasteiger partial charge in [-0.05, 0) is 31.0 Å². The molecule has 0 unspecified atom stereocenters. The highest BCUT2D eigenvalue weighted by atomic mass is 16.5. The number of carbonyl (C=O) groups excluding carboxylic acids is 1. The number of piperazine rings is 1. The Morgan fingerprint density at radius 2 is 1.96 bits per heavy atom. The van der Waals surface area contributed by atoms with Crippen molar-refractivity contribution in [2.24, 2.45) is 5.92 Å². The van der Waals surface area contributed by atoms with Gasteiger partial charge in [-0.25, -0.2) is 0 Å². The van der Waals surface area contributed by atoms with Gasteiger partial charge in [0.2, 0.25) is 5.91 Å². The van der Waals surface area contributed by atoms with Crippen molar-refractivity contribution in [3.8, 4) is 11.5 Å². The maximum Gasteiger partial charge on any atom is 0.223 e. The summed E-state index contributed by atoms with van der Waals surface area (Å²) in [5, 5.41) is 0. The number of nitrogens with one attached hydrogen (secondary N) is 1. The molecule has 5 heteroatoms. The summed E-state index contributed by atoms with van der Waals surface area (Å²) >= 11 is 0. The lowest BCUT2D eigenvalue weighted by molar-refractivity contribution is -0.917. The summed E-state index contributed by atoms with van der Waals surface area (Å²) in [5.74, 6) is 2.31. The van der Waals surface area contributed by atoms with E-state index in [1.807, 2.05) is 17.9 Å². The van der Waals surface area contributed by atoms with Crippen LogP contribution in [0.15, 0.2) is 18.2 Å². The van der Waals surface area contributed by atoms with E-state index < -0.39 is 0 Å². The molecule has 1 aromatic rings. The fraction of sp³-hybridized carbons (Fsp3) is 0.632. The van der Waals surface area contributed by atoms with Crippen molar-refractivity contribution in [2.75, 3.05) is 39.9 Å². The van der Waals surface area contributed by atoms with E-state index in [0.717, 1.165) is 44.2 Å². The first kappa shape index (κ1) is 18.6. The number of rotatable bonds is 7. The van der Waals surface area contributed by atoms with Crippen LogP contribution < -0.4 is 14.4 Å². The van der Waals surface area contributed by atoms with E-state index in [-0.39, 0.29) is 0 Å². The second-order valence-electron chi connectivity index (χ2n) is 6.82. The fourth-order valence-corrected chi connectivity index (χ4v) is 3.12. The third kappa shape index (κ3) is 5.13. The number of benzene rings is 1. The van der Waals surface area contributed by atoms with E-state index in [9.17, 15) is 4.79 Å². The Morgan fingerprint density at radius 3 is 2.54 bits per heavy atom. The lowest BCUT2D eigenvalue weighted by atomic mass is 10.1. The van der Waals surface area contributed by atoms with Crippen LogP contribution in [0.25, 0.3) is 0 Å². The molecule has 1 saturated heterocycles. The monoisotopic (exact) mass is 335 g/mol. The zero-order valence-electron chi connectivity index (χ0n) is 15.4. The molecule has 1 aromatic carbocycles. The van der Waals surface area contributed by atoms with Gasteiger partial charge in [-0.1, -0.05) is 13.8 Å². The van der Waals surface area contributed by atoms with Crippen LogP contribution in [0.4, 0.5) is 0 Å². The Balaban J connectivity index is 1.89. The van der Waals surface area contributed by atoms with Crippen LogP contribution in [0, 0.1) is 5.92 Å². The third-order valence-electron chi connectivity index (χ3n) is 4.39. The molecule has 1 N–H and O–H groups in total. The van der Waals surface area contributed by atoms with Gasteiger partial charge in [0.1, 0.15) is 6.54 Å². The molecule has 1 aliphatic rings. The molecule has 1 heterocycles. The standard InChI is InChI=1S/C19H30N2O3/c1-5-24-18-13-16(6-7-17(18)23-4)14-20-8-10-21(11-9-20)19(22)12-15(2)3/h6-7,13,15H,5,8-12,14H2,1-4H3/p+1. The summed E-state index contributed by atoms with van der Waals surface area (Å²) in [7, 11) is 1.66. The Bertz CT molecular complexity index is 537. The highest BCUT2D eigenvalue weighted by Gasteiger charge is 2.24. The number of carbonyl (C=O) groups is 1. The van der Waals surface area contributed by atoms with E-state index >= 15 is 0 Å². The lowest BCUT2D eigenvalue weighted by Gasteiger charge is -2.32. The summed E-state index contributed by atoms with van der Waals surface area (Å²) < 4.78 is 11.0. The van der Waals surface area contributed by atoms with Crippen molar-refractivity contribution in [1.82, 2.24) is 4.90 Å². The maximum atomic E-state index is 12.1. The van der Waals surface area contributed by atoms with E-state index in [2.05, 4.69) is 26.0 Å². The number of ether oxygens (including phenoxy) is 2. The first-order valence-electron chi connectivity index (χ1n) is 8.94. The molecule has 0 radical (unpaired) electrons. The van der Waals surface area contributed by atoms with Gasteiger partial charge in [0.15, 0.2) is 11.5 Å². The Morgan fingerprint density at radius 1 is 1.25 bits per heavy atom. The molecule has 2 rings (SSSR count). The molecule has 0 spiro atoms. The number of amides is 1. The molecule has 1 amide bonds. The van der Waals surface area contributed by atoms with Crippen molar-refractivity contribution in [3.63, 3.8) is 0 Å². The zero-order chi connectivity index (χ0) is 17.5. The van der Waals surface area contributed by atoms with Gasteiger partial charge in [-0.2, -0.15) is 0 Å². The van der Waals surface area contributed by atoms with Gasteiger partial charge in [0.05, 0.1) is 39.9 Å². The molecule has 24 heavy (non-hydrogen) atoms. The molecule has 1 aliphatic heterocycles. The summed E-state index contributed by atoms with van der Waals surface area (Å²) in [4.78, 5) is 15.7. The normalized spacial score (nSPS) is 15.6. The Hall–Kier alpha value is -1.75. The van der Waals surface area contributed by atoms with E-state index in [1.165, 1.54) is 10.5 Å². The second kappa shape index (κ2) is 8.92. The summed E-state index contributed by atoms with van der Waals surface area (Å²) in [6.07, 6.45) is 0.658. The van der Waals surface area contributed by atoms with Crippen molar-refractivity contribution in [3.05, 3.63) is 23.8 Å². The van der Waals surface area contributed by atoms with Gasteiger partial charge in [0.25, 0.3) is 0 Å². The number of methoxy groups -OCH3 is 1. The molecule has 0 saturated carbocycles. The first-order valence-corrected chi connectivity index (χ1v) is 8.94. The summed E-state index contributed by atoms with van der Waals surface area (Å²) in [5.41, 5.74) is 1.25. The molecule has 0 aromatic heterocycles. The van der Waals surface area contributed by atoms with Gasteiger partial charge in [-0.15, -0.1) is 0 Å². The molecule has 0 bridgehead atoms. The van der Waals surface area contributed by atoms with E-state index in [0.29, 0.717) is 24.9 Å². The highest BCUT2D eigenvalue weighted by Crippen LogP contribution is 2.27. The number of quaternary nitrogens is 1. The second-order valence-corrected chi connectivity index (χ2v) is 6.82. The van der Waals surface area contributed by atoms with Crippen LogP contribution in [0.2, 0.25) is 0 Å². The van der Waals surface area contributed by atoms with Crippen LogP contribution in [0.3, 0.4) is 0 Å². The quantitative estimate of drug-likeness (QED) is 0.818. The minimum absolute atomic E-state index is 0.298. The summed E-state index contributed by atoms with van der Waals surface area (Å²) in [6, 6.07) is 6.15. The predicted molar refractivity (Wildman–Crippen MR) is 94.6 cm³/mol.